The number of hydrogen-bond acceptors (Lipinski definition) is 14. The van der Waals surface area contributed by atoms with E-state index in [1.54, 1.807) is 40.3 Å². The largest absolute Gasteiger partial charge is 2.00 e. The average molecular weight is 2200 g/mol. The van der Waals surface area contributed by atoms with Crippen LogP contribution in [-0.2, 0) is 79.4 Å². The Morgan fingerprint density at radius 2 is 0.675 bits per heavy atom. The molecule has 0 saturated heterocycles. The van der Waals surface area contributed by atoms with E-state index in [1.807, 2.05) is 157 Å². The molecule has 0 aliphatic heterocycles. The number of rotatable bonds is 15. The van der Waals surface area contributed by atoms with Gasteiger partial charge in [-0.05, 0) is 152 Å². The van der Waals surface area contributed by atoms with Gasteiger partial charge in [-0.15, -0.1) is 99.3 Å². The normalized spacial score (nSPS) is 12.9. The van der Waals surface area contributed by atoms with E-state index in [2.05, 4.69) is 248 Å². The summed E-state index contributed by atoms with van der Waals surface area (Å²) in [6.45, 7) is 0. The van der Waals surface area contributed by atoms with Crippen molar-refractivity contribution in [3.05, 3.63) is 474 Å². The molecule has 21 aromatic rings. The Balaban J connectivity index is 0.000000120. The Kier molecular flexibility index (Phi) is 22.2. The van der Waals surface area contributed by atoms with Crippen LogP contribution in [0.4, 0.5) is 0 Å². The van der Waals surface area contributed by atoms with E-state index in [1.165, 1.54) is 78.1 Å². The number of thiophene rings is 1. The van der Waals surface area contributed by atoms with E-state index in [0.29, 0.717) is 28.1 Å². The van der Waals surface area contributed by atoms with Crippen LogP contribution in [0.15, 0.2) is 374 Å². The number of thiazole rings is 3. The predicted molar refractivity (Wildman–Crippen MR) is 477 cm³/mol. The van der Waals surface area contributed by atoms with E-state index in [-0.39, 0.29) is 69.1 Å². The number of aromatic nitrogens is 7. The van der Waals surface area contributed by atoms with Gasteiger partial charge in [-0.25, -0.2) is 0 Å². The fraction of sp³-hybridized carbons (Fsp3) is 0.0286. The summed E-state index contributed by atoms with van der Waals surface area (Å²) < 4.78 is 30.0. The van der Waals surface area contributed by atoms with Gasteiger partial charge in [0.1, 0.15) is 10.2 Å². The average Bonchev–Trinajstić information content (AvgIpc) is 1.49. The van der Waals surface area contributed by atoms with E-state index in [4.69, 9.17) is 48.5 Å². The zero-order chi connectivity index (χ0) is 79.6. The summed E-state index contributed by atoms with van der Waals surface area (Å²) in [5.74, 6) is 2.67. The van der Waals surface area contributed by atoms with Gasteiger partial charge in [-0.2, -0.15) is 70.4 Å². The number of ether oxygens (including phenoxy) is 3. The third kappa shape index (κ3) is 14.1. The van der Waals surface area contributed by atoms with Crippen molar-refractivity contribution in [3.8, 4) is 93.7 Å². The Morgan fingerprint density at radius 1 is 0.309 bits per heavy atom. The molecule has 0 radical (unpaired) electrons. The van der Waals surface area contributed by atoms with Crippen LogP contribution in [0.1, 0.15) is 67.2 Å². The van der Waals surface area contributed by atoms with Gasteiger partial charge < -0.3 is 33.2 Å². The van der Waals surface area contributed by atoms with Crippen molar-refractivity contribution in [2.24, 2.45) is 0 Å². The molecular formula is C105H61N7O4Pt3S4. The van der Waals surface area contributed by atoms with Crippen molar-refractivity contribution in [2.75, 3.05) is 0 Å². The summed E-state index contributed by atoms with van der Waals surface area (Å²) in [6.07, 6.45) is 12.4. The molecule has 123 heavy (non-hydrogen) atoms. The summed E-state index contributed by atoms with van der Waals surface area (Å²) in [7, 11) is 0. The molecule has 9 aromatic heterocycles. The van der Waals surface area contributed by atoms with Crippen molar-refractivity contribution in [1.29, 1.82) is 0 Å². The Labute approximate surface area is 768 Å². The molecule has 24 rings (SSSR count). The van der Waals surface area contributed by atoms with Crippen LogP contribution >= 0.6 is 45.3 Å². The van der Waals surface area contributed by atoms with Crippen molar-refractivity contribution in [2.45, 2.75) is 16.2 Å². The van der Waals surface area contributed by atoms with Gasteiger partial charge in [0, 0.05) is 60.0 Å². The van der Waals surface area contributed by atoms with Gasteiger partial charge in [-0.3, -0.25) is 19.9 Å². The fourth-order valence-corrected chi connectivity index (χ4v) is 20.9. The summed E-state index contributed by atoms with van der Waals surface area (Å²) in [5, 5.41) is 5.36. The number of fused-ring (bicyclic) bond motifs is 12. The second-order valence-electron chi connectivity index (χ2n) is 29.0. The van der Waals surface area contributed by atoms with E-state index in [9.17, 15) is 0 Å². The maximum Gasteiger partial charge on any atom is 2.00 e. The smallest absolute Gasteiger partial charge is 0.507 e. The molecule has 3 aliphatic carbocycles. The van der Waals surface area contributed by atoms with Gasteiger partial charge in [-0.1, -0.05) is 206 Å². The van der Waals surface area contributed by atoms with Crippen LogP contribution in [0.25, 0.3) is 90.3 Å². The van der Waals surface area contributed by atoms with Crippen LogP contribution in [0, 0.1) is 36.5 Å². The first-order chi connectivity index (χ1) is 59.4. The minimum absolute atomic E-state index is 0. The van der Waals surface area contributed by atoms with Crippen LogP contribution in [-0.4, -0.2) is 34.5 Å². The zero-order valence-electron chi connectivity index (χ0n) is 64.6. The molecule has 0 fully saturated rings. The van der Waals surface area contributed by atoms with Crippen LogP contribution < -0.4 is 14.2 Å². The SMILES string of the molecule is [Pt+2].[Pt+2].[Pt+2].[c-]1c(Oc2[c-]c(-c3nc4ccccc4s3)co2)cccc1C1(c2ccccn2)c2ccccc2-c2ccccc21.[c-]1c(Oc2[c-]c(-c3nc4ccccc4s3)cs2)cccc1C1(c2ccccn2)c2ccccc2-c2ccccc21.[c-]1c(Oc2[c-]n(-c3nc4ccccc4s3)cc2)cccc1C1(c2ccccn2)c2ccccc2-c2ccccc21. The number of benzene rings is 12. The minimum Gasteiger partial charge on any atom is -0.507 e. The van der Waals surface area contributed by atoms with Crippen molar-refractivity contribution in [1.82, 2.24) is 34.5 Å². The fourth-order valence-electron chi connectivity index (χ4n) is 17.4. The van der Waals surface area contributed by atoms with Crippen molar-refractivity contribution >= 4 is 76.0 Å². The van der Waals surface area contributed by atoms with E-state index in [0.717, 1.165) is 90.7 Å². The molecular weight excluding hydrogens is 2140 g/mol. The molecule has 3 aliphatic rings. The summed E-state index contributed by atoms with van der Waals surface area (Å²) >= 11 is 6.41. The molecule has 0 N–H and O–H groups in total. The predicted octanol–water partition coefficient (Wildman–Crippen LogP) is 26.1. The van der Waals surface area contributed by atoms with Crippen LogP contribution in [0.5, 0.6) is 34.0 Å². The molecule has 594 valence electrons. The maximum atomic E-state index is 6.38. The molecule has 0 bridgehead atoms. The molecule has 0 spiro atoms. The first-order valence-electron chi connectivity index (χ1n) is 39.1. The number of para-hydroxylation sites is 3. The maximum absolute atomic E-state index is 6.38. The minimum atomic E-state index is -0.646. The Bertz CT molecular complexity index is 6500. The molecule has 0 unspecified atom stereocenters. The number of nitrogens with zero attached hydrogens (tertiary/aromatic N) is 7. The van der Waals surface area contributed by atoms with Gasteiger partial charge in [0.05, 0.1) is 55.6 Å². The van der Waals surface area contributed by atoms with Crippen molar-refractivity contribution < 1.29 is 81.8 Å². The first kappa shape index (κ1) is 80.2. The van der Waals surface area contributed by atoms with Gasteiger partial charge >= 0.3 is 63.2 Å². The Hall–Kier alpha value is -12.5. The molecule has 18 heteroatoms. The molecule has 0 saturated carbocycles. The summed E-state index contributed by atoms with van der Waals surface area (Å²) in [4.78, 5) is 28.9. The topological polar surface area (TPSA) is 123 Å². The molecule has 11 nitrogen and oxygen atoms in total. The number of pyridine rings is 3. The molecule has 9 heterocycles. The van der Waals surface area contributed by atoms with Gasteiger partial charge in [0.15, 0.2) is 0 Å². The van der Waals surface area contributed by atoms with Crippen LogP contribution in [0.3, 0.4) is 0 Å². The first-order valence-corrected chi connectivity index (χ1v) is 42.4. The quantitative estimate of drug-likeness (QED) is 0.0917. The third-order valence-electron chi connectivity index (χ3n) is 22.3. The number of furan rings is 1. The summed E-state index contributed by atoms with van der Waals surface area (Å²) in [5.41, 5.74) is 22.9. The third-order valence-corrected chi connectivity index (χ3v) is 26.3. The number of hydrogen-bond donors (Lipinski definition) is 0. The second kappa shape index (κ2) is 34.1. The second-order valence-corrected chi connectivity index (χ2v) is 32.9. The molecule has 0 amide bonds. The van der Waals surface area contributed by atoms with E-state index >= 15 is 0 Å². The van der Waals surface area contributed by atoms with Crippen LogP contribution in [0.2, 0.25) is 0 Å². The van der Waals surface area contributed by atoms with Gasteiger partial charge in [0.2, 0.25) is 5.95 Å². The van der Waals surface area contributed by atoms with Crippen molar-refractivity contribution in [3.63, 3.8) is 0 Å². The standard InChI is InChI=1S/C35H21N3OS.C35H20N2O2S.C35H20N2OS2.3Pt/c1-3-14-29-27(12-1)28-13-2-4-15-30(28)35(29,33-18-7-8-20-36-33)24-10-9-11-25(22-24)39-26-19-21-38(23-26)34-37-31-16-5-6-17-32(31)40-34;1-3-14-28-26(12-1)27-13-2-4-15-29(27)35(28,32-18-7-8-19-36-32)24-10-9-11-25(21-24)39-33-20-23(22-38-33)34-37-30-16-5-6-17-31(30)40-34;1-3-14-28-26(12-1)27-13-2-4-15-29(27)35(28,32-18-7-8-19-36-32)24-10-9-11-25(21-24)38-33-20-23(22-39-33)34-37-30-16-5-6-17-31(30)40-34;;;/h1-21H;2*1-19,22H;;;/q3*-2;3*+2. The van der Waals surface area contributed by atoms with E-state index < -0.39 is 16.2 Å². The van der Waals surface area contributed by atoms with Gasteiger partial charge in [0.25, 0.3) is 0 Å². The Morgan fingerprint density at radius 3 is 1.08 bits per heavy atom. The summed E-state index contributed by atoms with van der Waals surface area (Å²) in [6, 6.07) is 132. The molecule has 12 aromatic carbocycles. The monoisotopic (exact) mass is 2200 g/mol. The zero-order valence-corrected chi connectivity index (χ0v) is 74.6. The molecule has 0 atom stereocenters.